The first-order valence-corrected chi connectivity index (χ1v) is 13.1. The molecule has 10 nitrogen and oxygen atoms in total. The molecule has 6 N–H and O–H groups in total. The lowest BCUT2D eigenvalue weighted by atomic mass is 9.83. The first-order chi connectivity index (χ1) is 18.3. The van der Waals surface area contributed by atoms with Gasteiger partial charge in [-0.15, -0.1) is 0 Å². The molecular weight excluding hydrogens is 530 g/mol. The second-order valence-corrected chi connectivity index (χ2v) is 11.5. The largest absolute Gasteiger partial charge is 0.401 e. The number of carbonyl (C=O) groups excluding carboxylic acids is 2. The molecule has 0 aliphatic carbocycles. The van der Waals surface area contributed by atoms with Gasteiger partial charge in [-0.2, -0.15) is 9.30 Å². The van der Waals surface area contributed by atoms with Gasteiger partial charge in [-0.1, -0.05) is 26.0 Å². The lowest BCUT2D eigenvalue weighted by Crippen LogP contribution is -2.49. The molecule has 0 radical (unpaired) electrons. The maximum absolute atomic E-state index is 13.8. The van der Waals surface area contributed by atoms with Gasteiger partial charge in [0.25, 0.3) is 11.8 Å². The Kier molecular flexibility index (Phi) is 7.39. The molecule has 204 valence electrons. The van der Waals surface area contributed by atoms with E-state index >= 15 is 0 Å². The van der Waals surface area contributed by atoms with Crippen molar-refractivity contribution >= 4 is 33.4 Å². The smallest absolute Gasteiger partial charge is 0.281 e. The molecule has 39 heavy (non-hydrogen) atoms. The van der Waals surface area contributed by atoms with Crippen LogP contribution in [0.3, 0.4) is 0 Å². The van der Waals surface area contributed by atoms with E-state index in [0.29, 0.717) is 18.2 Å². The third kappa shape index (κ3) is 5.73. The molecule has 0 fully saturated rings. The van der Waals surface area contributed by atoms with E-state index in [4.69, 9.17) is 11.5 Å². The molecule has 0 saturated carbocycles. The second kappa shape index (κ2) is 10.4. The van der Waals surface area contributed by atoms with Crippen LogP contribution in [0.2, 0.25) is 0 Å². The Morgan fingerprint density at radius 2 is 1.74 bits per heavy atom. The van der Waals surface area contributed by atoms with Gasteiger partial charge < -0.3 is 21.8 Å². The lowest BCUT2D eigenvalue weighted by Gasteiger charge is -2.39. The van der Waals surface area contributed by atoms with Gasteiger partial charge in [0.2, 0.25) is 10.0 Å². The molecule has 2 amide bonds. The number of halogens is 2. The molecule has 1 aliphatic heterocycles. The second-order valence-electron chi connectivity index (χ2n) is 9.54. The summed E-state index contributed by atoms with van der Waals surface area (Å²) in [6.07, 6.45) is 1.58. The lowest BCUT2D eigenvalue weighted by molar-refractivity contribution is 0.100. The minimum atomic E-state index is -4.37. The number of nitrogens with two attached hydrogens (primary N) is 2. The molecule has 0 saturated heterocycles. The summed E-state index contributed by atoms with van der Waals surface area (Å²) in [4.78, 5) is 31.7. The quantitative estimate of drug-likeness (QED) is 0.269. The van der Waals surface area contributed by atoms with Crippen molar-refractivity contribution in [2.45, 2.75) is 18.7 Å². The fourth-order valence-corrected chi connectivity index (χ4v) is 5.76. The number of H-pyrrole nitrogens is 1. The van der Waals surface area contributed by atoms with Crippen LogP contribution in [0.25, 0.3) is 0 Å². The number of nitrogens with zero attached hydrogens (tertiary/aromatic N) is 2. The Morgan fingerprint density at radius 1 is 1.08 bits per heavy atom. The number of carbonyl (C=O) groups is 2. The van der Waals surface area contributed by atoms with Crippen LogP contribution in [0.5, 0.6) is 0 Å². The van der Waals surface area contributed by atoms with Gasteiger partial charge in [0.1, 0.15) is 23.2 Å². The van der Waals surface area contributed by atoms with Crippen molar-refractivity contribution in [2.75, 3.05) is 18.4 Å². The van der Waals surface area contributed by atoms with Crippen LogP contribution < -0.4 is 16.8 Å². The number of aliphatic imine (C=N–C) groups is 1. The average molecular weight is 557 g/mol. The highest BCUT2D eigenvalue weighted by molar-refractivity contribution is 7.89. The van der Waals surface area contributed by atoms with E-state index in [1.54, 1.807) is 44.3 Å². The van der Waals surface area contributed by atoms with Crippen molar-refractivity contribution in [1.29, 1.82) is 0 Å². The third-order valence-corrected chi connectivity index (χ3v) is 7.98. The molecule has 0 atom stereocenters. The summed E-state index contributed by atoms with van der Waals surface area (Å²) in [7, 11) is -4.37. The number of hydrogen-bond acceptors (Lipinski definition) is 5. The van der Waals surface area contributed by atoms with Gasteiger partial charge in [-0.25, -0.2) is 17.2 Å². The van der Waals surface area contributed by atoms with Crippen LogP contribution in [-0.4, -0.2) is 48.4 Å². The van der Waals surface area contributed by atoms with Crippen LogP contribution in [0, 0.1) is 17.0 Å². The molecule has 1 aliphatic rings. The third-order valence-electron chi connectivity index (χ3n) is 6.21. The van der Waals surface area contributed by atoms with Gasteiger partial charge in [0.15, 0.2) is 0 Å². The van der Waals surface area contributed by atoms with E-state index < -0.39 is 43.8 Å². The maximum atomic E-state index is 13.8. The summed E-state index contributed by atoms with van der Waals surface area (Å²) >= 11 is 0. The zero-order chi connectivity index (χ0) is 28.5. The minimum absolute atomic E-state index is 0.0364. The Hall–Kier alpha value is -4.36. The number of amides is 2. The number of para-hydroxylation sites is 1. The highest BCUT2D eigenvalue weighted by atomic mass is 32.2. The van der Waals surface area contributed by atoms with Crippen molar-refractivity contribution in [3.8, 4) is 0 Å². The van der Waals surface area contributed by atoms with Crippen molar-refractivity contribution in [3.63, 3.8) is 0 Å². The summed E-state index contributed by atoms with van der Waals surface area (Å²) in [5, 5.41) is 2.64. The number of anilines is 1. The van der Waals surface area contributed by atoms with E-state index in [-0.39, 0.29) is 47.1 Å². The average Bonchev–Trinajstić information content (AvgIpc) is 3.40. The van der Waals surface area contributed by atoms with Gasteiger partial charge in [-0.05, 0) is 36.4 Å². The summed E-state index contributed by atoms with van der Waals surface area (Å²) in [6, 6.07) is 11.4. The van der Waals surface area contributed by atoms with E-state index in [1.165, 1.54) is 12.1 Å². The molecule has 1 aromatic heterocycles. The van der Waals surface area contributed by atoms with E-state index in [9.17, 15) is 26.8 Å². The number of rotatable bonds is 6. The van der Waals surface area contributed by atoms with Crippen LogP contribution in [0.1, 0.15) is 34.7 Å². The molecule has 4 rings (SSSR count). The summed E-state index contributed by atoms with van der Waals surface area (Å²) in [5.74, 6) is -3.71. The summed E-state index contributed by atoms with van der Waals surface area (Å²) < 4.78 is 55.1. The molecule has 3 aromatic rings. The Balaban J connectivity index is 1.65. The van der Waals surface area contributed by atoms with Crippen LogP contribution in [0.4, 0.5) is 14.5 Å². The molecule has 0 bridgehead atoms. The van der Waals surface area contributed by atoms with Gasteiger partial charge in [0.05, 0.1) is 16.1 Å². The van der Waals surface area contributed by atoms with Crippen LogP contribution >= 0.6 is 0 Å². The van der Waals surface area contributed by atoms with Gasteiger partial charge in [0, 0.05) is 42.0 Å². The Bertz CT molecular complexity index is 1590. The number of nitrogens with one attached hydrogen (secondary N) is 2. The molecule has 2 heterocycles. The normalized spacial score (nSPS) is 16.3. The van der Waals surface area contributed by atoms with Crippen LogP contribution in [-0.2, 0) is 10.0 Å². The maximum Gasteiger partial charge on any atom is 0.281 e. The fraction of sp³-hybridized carbons (Fsp3) is 0.192. The minimum Gasteiger partial charge on any atom is -0.401 e. The summed E-state index contributed by atoms with van der Waals surface area (Å²) in [6.45, 7) is 2.83. The van der Waals surface area contributed by atoms with E-state index in [0.717, 1.165) is 4.31 Å². The van der Waals surface area contributed by atoms with Crippen molar-refractivity contribution in [3.05, 3.63) is 95.0 Å². The zero-order valence-electron chi connectivity index (χ0n) is 21.0. The number of sulfonamides is 1. The number of aromatic nitrogens is 1. The SMILES string of the molecule is CC1(C)CN(S(=O)(=O)c2cc(F)cc(F)c2)CC(C(N)=NC(=O)c2ccccc2NC(=O)c2ccc[nH]2)=C1N. The van der Waals surface area contributed by atoms with E-state index in [1.807, 2.05) is 0 Å². The van der Waals surface area contributed by atoms with Gasteiger partial charge >= 0.3 is 0 Å². The number of aromatic amines is 1. The molecule has 13 heteroatoms. The van der Waals surface area contributed by atoms with Crippen molar-refractivity contribution in [1.82, 2.24) is 9.29 Å². The van der Waals surface area contributed by atoms with Crippen molar-refractivity contribution in [2.24, 2.45) is 21.9 Å². The molecule has 2 aromatic carbocycles. The van der Waals surface area contributed by atoms with E-state index in [2.05, 4.69) is 15.3 Å². The predicted octanol–water partition coefficient (Wildman–Crippen LogP) is 2.99. The zero-order valence-corrected chi connectivity index (χ0v) is 21.9. The first kappa shape index (κ1) is 27.7. The standard InChI is InChI=1S/C26H26F2N6O4S/c1-26(2)14-34(39(37,38)17-11-15(27)10-16(28)12-17)13-19(22(26)29)23(30)33-24(35)18-6-3-4-7-20(18)32-25(36)21-8-5-9-31-21/h3-12,31H,13-14,29H2,1-2H3,(H,32,36)(H2,30,33,35). The highest BCUT2D eigenvalue weighted by Crippen LogP contribution is 2.34. The van der Waals surface area contributed by atoms with Crippen molar-refractivity contribution < 1.29 is 26.8 Å². The number of amidine groups is 1. The highest BCUT2D eigenvalue weighted by Gasteiger charge is 2.39. The molecule has 0 unspecified atom stereocenters. The number of hydrogen-bond donors (Lipinski definition) is 4. The Labute approximate surface area is 223 Å². The Morgan fingerprint density at radius 3 is 2.38 bits per heavy atom. The monoisotopic (exact) mass is 556 g/mol. The van der Waals surface area contributed by atoms with Crippen LogP contribution in [0.15, 0.2) is 82.0 Å². The fourth-order valence-electron chi connectivity index (χ4n) is 4.14. The predicted molar refractivity (Wildman–Crippen MR) is 141 cm³/mol. The molecule has 0 spiro atoms. The first-order valence-electron chi connectivity index (χ1n) is 11.7. The van der Waals surface area contributed by atoms with Gasteiger partial charge in [-0.3, -0.25) is 9.59 Å². The molecular formula is C26H26F2N6O4S. The summed E-state index contributed by atoms with van der Waals surface area (Å²) in [5.41, 5.74) is 12.3. The number of benzene rings is 2. The topological polar surface area (TPSA) is 164 Å².